The molecule has 0 aromatic heterocycles. The molecule has 2 aromatic rings. The lowest BCUT2D eigenvalue weighted by Gasteiger charge is -2.25. The number of anilines is 1. The molecule has 0 bridgehead atoms. The first kappa shape index (κ1) is 21.8. The van der Waals surface area contributed by atoms with Crippen LogP contribution in [0.25, 0.3) is 0 Å². The third-order valence-electron chi connectivity index (χ3n) is 4.49. The van der Waals surface area contributed by atoms with Crippen molar-refractivity contribution in [1.82, 2.24) is 4.90 Å². The standard InChI is InChI=1S/C21H28N2O4S/c1-15-6-7-16(2)20(12-15)27-14-17(3)23(4)21(24)13-18-8-10-19(11-9-18)22-28(5,25)26/h6-12,17,22H,13-14H2,1-5H3. The van der Waals surface area contributed by atoms with E-state index in [1.54, 1.807) is 36.2 Å². The summed E-state index contributed by atoms with van der Waals surface area (Å²) in [5.41, 5.74) is 3.49. The van der Waals surface area contributed by atoms with Crippen LogP contribution in [0.2, 0.25) is 0 Å². The molecule has 0 heterocycles. The Morgan fingerprint density at radius 2 is 1.79 bits per heavy atom. The highest BCUT2D eigenvalue weighted by Gasteiger charge is 2.17. The number of nitrogens with one attached hydrogen (secondary N) is 1. The number of likely N-dealkylation sites (N-methyl/N-ethyl adjacent to an activating group) is 1. The third-order valence-corrected chi connectivity index (χ3v) is 5.10. The van der Waals surface area contributed by atoms with Crippen molar-refractivity contribution in [3.63, 3.8) is 0 Å². The number of aryl methyl sites for hydroxylation is 2. The number of benzene rings is 2. The maximum absolute atomic E-state index is 12.6. The molecular weight excluding hydrogens is 376 g/mol. The molecule has 0 radical (unpaired) electrons. The van der Waals surface area contributed by atoms with E-state index in [1.165, 1.54) is 0 Å². The van der Waals surface area contributed by atoms with Crippen molar-refractivity contribution in [2.75, 3.05) is 24.6 Å². The van der Waals surface area contributed by atoms with E-state index in [0.29, 0.717) is 12.3 Å². The Morgan fingerprint density at radius 1 is 1.14 bits per heavy atom. The largest absolute Gasteiger partial charge is 0.491 e. The van der Waals surface area contributed by atoms with E-state index in [9.17, 15) is 13.2 Å². The molecular formula is C21H28N2O4S. The van der Waals surface area contributed by atoms with Gasteiger partial charge in [-0.3, -0.25) is 9.52 Å². The van der Waals surface area contributed by atoms with Gasteiger partial charge < -0.3 is 9.64 Å². The summed E-state index contributed by atoms with van der Waals surface area (Å²) in [6.07, 6.45) is 1.34. The predicted octanol–water partition coefficient (Wildman–Crippen LogP) is 3.14. The normalized spacial score (nSPS) is 12.3. The predicted molar refractivity (Wildman–Crippen MR) is 112 cm³/mol. The molecule has 1 amide bonds. The van der Waals surface area contributed by atoms with Crippen molar-refractivity contribution in [3.05, 3.63) is 59.2 Å². The quantitative estimate of drug-likeness (QED) is 0.733. The first-order valence-electron chi connectivity index (χ1n) is 9.07. The number of rotatable bonds is 8. The van der Waals surface area contributed by atoms with E-state index < -0.39 is 10.0 Å². The summed E-state index contributed by atoms with van der Waals surface area (Å²) in [5, 5.41) is 0. The van der Waals surface area contributed by atoms with Crippen molar-refractivity contribution < 1.29 is 17.9 Å². The summed E-state index contributed by atoms with van der Waals surface area (Å²) in [6, 6.07) is 12.8. The van der Waals surface area contributed by atoms with Crippen LogP contribution in [0.3, 0.4) is 0 Å². The van der Waals surface area contributed by atoms with Gasteiger partial charge in [-0.25, -0.2) is 8.42 Å². The number of carbonyl (C=O) groups is 1. The number of ether oxygens (including phenoxy) is 1. The SMILES string of the molecule is Cc1ccc(C)c(OCC(C)N(C)C(=O)Cc2ccc(NS(C)(=O)=O)cc2)c1. The van der Waals surface area contributed by atoms with Gasteiger partial charge in [-0.1, -0.05) is 24.3 Å². The molecule has 0 saturated heterocycles. The molecule has 1 atom stereocenters. The van der Waals surface area contributed by atoms with Crippen molar-refractivity contribution in [3.8, 4) is 5.75 Å². The van der Waals surface area contributed by atoms with Crippen molar-refractivity contribution in [1.29, 1.82) is 0 Å². The minimum absolute atomic E-state index is 0.0270. The van der Waals surface area contributed by atoms with Gasteiger partial charge in [0.1, 0.15) is 12.4 Å². The summed E-state index contributed by atoms with van der Waals surface area (Å²) in [4.78, 5) is 14.2. The maximum atomic E-state index is 12.6. The fraction of sp³-hybridized carbons (Fsp3) is 0.381. The first-order chi connectivity index (χ1) is 13.0. The Labute approximate surface area is 167 Å². The van der Waals surface area contributed by atoms with Crippen LogP contribution in [0.1, 0.15) is 23.6 Å². The first-order valence-corrected chi connectivity index (χ1v) is 11.0. The molecule has 28 heavy (non-hydrogen) atoms. The average molecular weight is 405 g/mol. The van der Waals surface area contributed by atoms with Crippen molar-refractivity contribution in [2.24, 2.45) is 0 Å². The smallest absolute Gasteiger partial charge is 0.229 e. The molecule has 0 aliphatic carbocycles. The number of hydrogen-bond acceptors (Lipinski definition) is 4. The maximum Gasteiger partial charge on any atom is 0.229 e. The molecule has 152 valence electrons. The molecule has 0 saturated carbocycles. The second kappa shape index (κ2) is 9.10. The number of nitrogens with zero attached hydrogens (tertiary/aromatic N) is 1. The second-order valence-corrected chi connectivity index (χ2v) is 8.93. The van der Waals surface area contributed by atoms with Gasteiger partial charge in [-0.15, -0.1) is 0 Å². The van der Waals surface area contributed by atoms with Gasteiger partial charge in [-0.05, 0) is 55.7 Å². The minimum atomic E-state index is -3.31. The molecule has 1 N–H and O–H groups in total. The van der Waals surface area contributed by atoms with Crippen LogP contribution in [-0.4, -0.2) is 45.2 Å². The molecule has 2 rings (SSSR count). The highest BCUT2D eigenvalue weighted by molar-refractivity contribution is 7.92. The van der Waals surface area contributed by atoms with Gasteiger partial charge in [0.15, 0.2) is 0 Å². The van der Waals surface area contributed by atoms with Crippen molar-refractivity contribution in [2.45, 2.75) is 33.2 Å². The Kier molecular flexibility index (Phi) is 7.07. The van der Waals surface area contributed by atoms with Gasteiger partial charge in [0.2, 0.25) is 15.9 Å². The van der Waals surface area contributed by atoms with Gasteiger partial charge in [0.05, 0.1) is 18.7 Å². The Bertz CT molecular complexity index is 924. The molecule has 6 nitrogen and oxygen atoms in total. The molecule has 0 aliphatic rings. The van der Waals surface area contributed by atoms with Crippen LogP contribution in [-0.2, 0) is 21.2 Å². The molecule has 0 aliphatic heterocycles. The zero-order chi connectivity index (χ0) is 20.9. The lowest BCUT2D eigenvalue weighted by Crippen LogP contribution is -2.39. The van der Waals surface area contributed by atoms with Crippen LogP contribution < -0.4 is 9.46 Å². The number of hydrogen-bond donors (Lipinski definition) is 1. The summed E-state index contributed by atoms with van der Waals surface area (Å²) in [7, 11) is -1.55. The summed E-state index contributed by atoms with van der Waals surface area (Å²) >= 11 is 0. The van der Waals surface area contributed by atoms with Crippen LogP contribution >= 0.6 is 0 Å². The monoisotopic (exact) mass is 404 g/mol. The summed E-state index contributed by atoms with van der Waals surface area (Å²) in [5.74, 6) is 0.808. The molecule has 0 fully saturated rings. The Morgan fingerprint density at radius 3 is 2.39 bits per heavy atom. The van der Waals surface area contributed by atoms with Gasteiger partial charge in [-0.2, -0.15) is 0 Å². The van der Waals surface area contributed by atoms with Crippen LogP contribution in [0.4, 0.5) is 5.69 Å². The van der Waals surface area contributed by atoms with Crippen LogP contribution in [0.15, 0.2) is 42.5 Å². The summed E-state index contributed by atoms with van der Waals surface area (Å²) in [6.45, 7) is 6.37. The van der Waals surface area contributed by atoms with E-state index in [0.717, 1.165) is 28.7 Å². The lowest BCUT2D eigenvalue weighted by atomic mass is 10.1. The van der Waals surface area contributed by atoms with Gasteiger partial charge >= 0.3 is 0 Å². The Balaban J connectivity index is 1.91. The zero-order valence-electron chi connectivity index (χ0n) is 17.0. The zero-order valence-corrected chi connectivity index (χ0v) is 17.8. The number of amides is 1. The third kappa shape index (κ3) is 6.56. The van der Waals surface area contributed by atoms with Crippen molar-refractivity contribution >= 4 is 21.6 Å². The number of carbonyl (C=O) groups excluding carboxylic acids is 1. The molecule has 0 spiro atoms. The summed E-state index contributed by atoms with van der Waals surface area (Å²) < 4.78 is 30.8. The topological polar surface area (TPSA) is 75.7 Å². The van der Waals surface area contributed by atoms with E-state index in [2.05, 4.69) is 4.72 Å². The highest BCUT2D eigenvalue weighted by atomic mass is 32.2. The fourth-order valence-electron chi connectivity index (χ4n) is 2.63. The average Bonchev–Trinajstić information content (AvgIpc) is 2.62. The van der Waals surface area contributed by atoms with E-state index >= 15 is 0 Å². The fourth-order valence-corrected chi connectivity index (χ4v) is 3.20. The second-order valence-electron chi connectivity index (χ2n) is 7.18. The van der Waals surface area contributed by atoms with E-state index in [-0.39, 0.29) is 18.4 Å². The highest BCUT2D eigenvalue weighted by Crippen LogP contribution is 2.20. The molecule has 1 unspecified atom stereocenters. The molecule has 7 heteroatoms. The van der Waals surface area contributed by atoms with Gasteiger partial charge in [0.25, 0.3) is 0 Å². The number of sulfonamides is 1. The van der Waals surface area contributed by atoms with Gasteiger partial charge in [0, 0.05) is 12.7 Å². The molecule has 2 aromatic carbocycles. The van der Waals surface area contributed by atoms with Crippen LogP contribution in [0.5, 0.6) is 5.75 Å². The Hall–Kier alpha value is -2.54. The minimum Gasteiger partial charge on any atom is -0.491 e. The van der Waals surface area contributed by atoms with E-state index in [4.69, 9.17) is 4.74 Å². The van der Waals surface area contributed by atoms with E-state index in [1.807, 2.05) is 39.0 Å². The lowest BCUT2D eigenvalue weighted by molar-refractivity contribution is -0.131. The van der Waals surface area contributed by atoms with Crippen LogP contribution in [0, 0.1) is 13.8 Å².